The SMILES string of the molecule is COC(=O)c1sccc1NC(=O)CN1C=CN2NC(c3ccc(Cl)cc3)CC2C1=O. The number of amides is 2. The number of carbonyl (C=O) groups excluding carboxylic acids is 3. The summed E-state index contributed by atoms with van der Waals surface area (Å²) in [6, 6.07) is 8.68. The van der Waals surface area contributed by atoms with E-state index in [1.165, 1.54) is 23.3 Å². The van der Waals surface area contributed by atoms with Gasteiger partial charge in [0.2, 0.25) is 5.91 Å². The van der Waals surface area contributed by atoms with Gasteiger partial charge in [0, 0.05) is 17.4 Å². The van der Waals surface area contributed by atoms with Crippen molar-refractivity contribution in [3.63, 3.8) is 0 Å². The number of anilines is 1. The number of nitrogens with zero attached hydrogens (tertiary/aromatic N) is 2. The highest BCUT2D eigenvalue weighted by atomic mass is 35.5. The molecule has 1 aromatic heterocycles. The molecule has 4 rings (SSSR count). The fourth-order valence-corrected chi connectivity index (χ4v) is 4.37. The van der Waals surface area contributed by atoms with Gasteiger partial charge in [-0.25, -0.2) is 10.2 Å². The summed E-state index contributed by atoms with van der Waals surface area (Å²) in [5.41, 5.74) is 4.71. The lowest BCUT2D eigenvalue weighted by Crippen LogP contribution is -2.49. The van der Waals surface area contributed by atoms with Gasteiger partial charge in [0.1, 0.15) is 17.5 Å². The Balaban J connectivity index is 1.39. The molecule has 1 saturated heterocycles. The van der Waals surface area contributed by atoms with E-state index in [0.717, 1.165) is 5.56 Å². The highest BCUT2D eigenvalue weighted by Gasteiger charge is 2.40. The van der Waals surface area contributed by atoms with Gasteiger partial charge in [0.05, 0.1) is 18.8 Å². The monoisotopic (exact) mass is 446 g/mol. The van der Waals surface area contributed by atoms with Crippen molar-refractivity contribution in [3.05, 3.63) is 63.6 Å². The lowest BCUT2D eigenvalue weighted by atomic mass is 10.0. The van der Waals surface area contributed by atoms with Crippen molar-refractivity contribution in [2.24, 2.45) is 0 Å². The number of thiophene rings is 1. The molecule has 0 bridgehead atoms. The number of rotatable bonds is 5. The van der Waals surface area contributed by atoms with Crippen LogP contribution in [0.25, 0.3) is 0 Å². The average Bonchev–Trinajstić information content (AvgIpc) is 3.37. The van der Waals surface area contributed by atoms with Crippen LogP contribution in [0.15, 0.2) is 48.1 Å². The standard InChI is InChI=1S/C20H19ClN4O4S/c1-29-20(28)18-14(6-9-30-18)22-17(26)11-24-7-8-25-16(19(24)27)10-15(23-25)12-2-4-13(21)5-3-12/h2-9,15-16,23H,10-11H2,1H3,(H,22,26). The van der Waals surface area contributed by atoms with E-state index in [2.05, 4.69) is 10.7 Å². The van der Waals surface area contributed by atoms with Gasteiger partial charge in [0.25, 0.3) is 5.91 Å². The third kappa shape index (κ3) is 4.04. The molecule has 2 N–H and O–H groups in total. The summed E-state index contributed by atoms with van der Waals surface area (Å²) in [7, 11) is 1.28. The zero-order chi connectivity index (χ0) is 21.3. The molecule has 0 aliphatic carbocycles. The third-order valence-electron chi connectivity index (χ3n) is 4.97. The van der Waals surface area contributed by atoms with Crippen LogP contribution in [0.1, 0.15) is 27.7 Å². The largest absolute Gasteiger partial charge is 0.465 e. The van der Waals surface area contributed by atoms with Gasteiger partial charge in [-0.15, -0.1) is 11.3 Å². The summed E-state index contributed by atoms with van der Waals surface area (Å²) < 4.78 is 4.71. The normalized spacial score (nSPS) is 20.3. The van der Waals surface area contributed by atoms with E-state index in [0.29, 0.717) is 22.0 Å². The number of nitrogens with one attached hydrogen (secondary N) is 2. The molecule has 10 heteroatoms. The van der Waals surface area contributed by atoms with Crippen LogP contribution in [0, 0.1) is 0 Å². The predicted octanol–water partition coefficient (Wildman–Crippen LogP) is 2.76. The lowest BCUT2D eigenvalue weighted by Gasteiger charge is -2.31. The molecule has 8 nitrogen and oxygen atoms in total. The minimum atomic E-state index is -0.518. The van der Waals surface area contributed by atoms with Crippen LogP contribution in [0.5, 0.6) is 0 Å². The van der Waals surface area contributed by atoms with Gasteiger partial charge in [-0.05, 0) is 35.6 Å². The van der Waals surface area contributed by atoms with Crippen LogP contribution in [0.4, 0.5) is 5.69 Å². The first kappa shape index (κ1) is 20.4. The molecule has 3 heterocycles. The first-order valence-corrected chi connectivity index (χ1v) is 10.5. The summed E-state index contributed by atoms with van der Waals surface area (Å²) in [5.74, 6) is -1.09. The third-order valence-corrected chi connectivity index (χ3v) is 6.12. The van der Waals surface area contributed by atoms with Crippen molar-refractivity contribution in [2.75, 3.05) is 19.0 Å². The number of hydrogen-bond acceptors (Lipinski definition) is 7. The van der Waals surface area contributed by atoms with E-state index in [4.69, 9.17) is 16.3 Å². The van der Waals surface area contributed by atoms with Gasteiger partial charge in [-0.1, -0.05) is 23.7 Å². The summed E-state index contributed by atoms with van der Waals surface area (Å²) in [5, 5.41) is 6.79. The van der Waals surface area contributed by atoms with E-state index in [9.17, 15) is 14.4 Å². The van der Waals surface area contributed by atoms with Crippen LogP contribution in [-0.4, -0.2) is 47.4 Å². The molecule has 2 aromatic rings. The number of hydrazine groups is 1. The minimum absolute atomic E-state index is 0.0249. The molecule has 0 spiro atoms. The number of fused-ring (bicyclic) bond motifs is 1. The Morgan fingerprint density at radius 3 is 2.77 bits per heavy atom. The van der Waals surface area contributed by atoms with Crippen LogP contribution in [0.2, 0.25) is 5.02 Å². The van der Waals surface area contributed by atoms with Crippen LogP contribution in [0.3, 0.4) is 0 Å². The molecule has 0 saturated carbocycles. The summed E-state index contributed by atoms with van der Waals surface area (Å²) in [6.45, 7) is -0.151. The van der Waals surface area contributed by atoms with E-state index in [1.54, 1.807) is 28.9 Å². The Morgan fingerprint density at radius 1 is 1.27 bits per heavy atom. The Bertz CT molecular complexity index is 1010. The number of esters is 1. The number of carbonyl (C=O) groups is 3. The first-order valence-electron chi connectivity index (χ1n) is 9.20. The molecule has 2 atom stereocenters. The maximum Gasteiger partial charge on any atom is 0.350 e. The molecule has 1 aromatic carbocycles. The van der Waals surface area contributed by atoms with E-state index in [-0.39, 0.29) is 18.5 Å². The molecule has 30 heavy (non-hydrogen) atoms. The zero-order valence-electron chi connectivity index (χ0n) is 16.0. The second kappa shape index (κ2) is 8.47. The number of methoxy groups -OCH3 is 1. The maximum absolute atomic E-state index is 12.9. The number of ether oxygens (including phenoxy) is 1. The van der Waals surface area contributed by atoms with Crippen LogP contribution < -0.4 is 10.7 Å². The number of hydrogen-bond donors (Lipinski definition) is 2. The maximum atomic E-state index is 12.9. The summed E-state index contributed by atoms with van der Waals surface area (Å²) in [6.07, 6.45) is 3.89. The molecule has 0 radical (unpaired) electrons. The van der Waals surface area contributed by atoms with Crippen LogP contribution >= 0.6 is 22.9 Å². The summed E-state index contributed by atoms with van der Waals surface area (Å²) in [4.78, 5) is 38.8. The molecule has 2 amide bonds. The van der Waals surface area contributed by atoms with E-state index in [1.807, 2.05) is 24.3 Å². The van der Waals surface area contributed by atoms with Crippen molar-refractivity contribution in [1.82, 2.24) is 15.3 Å². The van der Waals surface area contributed by atoms with Gasteiger partial charge < -0.3 is 20.0 Å². The van der Waals surface area contributed by atoms with E-state index < -0.39 is 17.9 Å². The van der Waals surface area contributed by atoms with Gasteiger partial charge in [-0.3, -0.25) is 9.59 Å². The molecule has 156 valence electrons. The minimum Gasteiger partial charge on any atom is -0.465 e. The second-order valence-electron chi connectivity index (χ2n) is 6.86. The van der Waals surface area contributed by atoms with Gasteiger partial charge >= 0.3 is 5.97 Å². The molecule has 2 aliphatic rings. The fourth-order valence-electron chi connectivity index (χ4n) is 3.48. The first-order chi connectivity index (χ1) is 14.5. The molecule has 2 unspecified atom stereocenters. The zero-order valence-corrected chi connectivity index (χ0v) is 17.6. The predicted molar refractivity (Wildman–Crippen MR) is 113 cm³/mol. The quantitative estimate of drug-likeness (QED) is 0.686. The summed E-state index contributed by atoms with van der Waals surface area (Å²) >= 11 is 7.13. The average molecular weight is 447 g/mol. The van der Waals surface area contributed by atoms with Gasteiger partial charge in [0.15, 0.2) is 0 Å². The Kier molecular flexibility index (Phi) is 5.76. The van der Waals surface area contributed by atoms with Crippen molar-refractivity contribution in [3.8, 4) is 0 Å². The molecular formula is C20H19ClN4O4S. The van der Waals surface area contributed by atoms with Crippen molar-refractivity contribution in [1.29, 1.82) is 0 Å². The number of benzene rings is 1. The molecule has 1 fully saturated rings. The highest BCUT2D eigenvalue weighted by molar-refractivity contribution is 7.12. The Labute approximate surface area is 182 Å². The van der Waals surface area contributed by atoms with Crippen LogP contribution in [-0.2, 0) is 14.3 Å². The topological polar surface area (TPSA) is 91.0 Å². The van der Waals surface area contributed by atoms with Crippen molar-refractivity contribution in [2.45, 2.75) is 18.5 Å². The lowest BCUT2D eigenvalue weighted by molar-refractivity contribution is -0.137. The second-order valence-corrected chi connectivity index (χ2v) is 8.21. The number of halogens is 1. The highest BCUT2D eigenvalue weighted by Crippen LogP contribution is 2.31. The Hall–Kier alpha value is -2.88. The van der Waals surface area contributed by atoms with Crippen molar-refractivity contribution >= 4 is 46.4 Å². The van der Waals surface area contributed by atoms with Gasteiger partial charge in [-0.2, -0.15) is 0 Å². The molecular weight excluding hydrogens is 428 g/mol. The Morgan fingerprint density at radius 2 is 2.03 bits per heavy atom. The fraction of sp³-hybridized carbons (Fsp3) is 0.250. The smallest absolute Gasteiger partial charge is 0.350 e. The van der Waals surface area contributed by atoms with Crippen molar-refractivity contribution < 1.29 is 19.1 Å². The van der Waals surface area contributed by atoms with E-state index >= 15 is 0 Å². The molecule has 2 aliphatic heterocycles.